The van der Waals surface area contributed by atoms with Crippen molar-refractivity contribution < 1.29 is 9.15 Å². The molecular formula is C12H21NO2. The molecule has 0 aliphatic heterocycles. The van der Waals surface area contributed by atoms with Crippen molar-refractivity contribution >= 4 is 0 Å². The zero-order valence-corrected chi connectivity index (χ0v) is 9.82. The van der Waals surface area contributed by atoms with Crippen LogP contribution in [-0.2, 0) is 4.74 Å². The molecule has 0 aromatic carbocycles. The van der Waals surface area contributed by atoms with Gasteiger partial charge in [0.2, 0.25) is 0 Å². The SMILES string of the molecule is CC(C)COCCNC(C)c1ccco1. The summed E-state index contributed by atoms with van der Waals surface area (Å²) in [4.78, 5) is 0. The number of hydrogen-bond acceptors (Lipinski definition) is 3. The van der Waals surface area contributed by atoms with E-state index in [9.17, 15) is 0 Å². The molecule has 0 bridgehead atoms. The molecule has 0 amide bonds. The summed E-state index contributed by atoms with van der Waals surface area (Å²) < 4.78 is 10.8. The van der Waals surface area contributed by atoms with E-state index in [1.54, 1.807) is 6.26 Å². The summed E-state index contributed by atoms with van der Waals surface area (Å²) in [7, 11) is 0. The Hall–Kier alpha value is -0.800. The molecular weight excluding hydrogens is 190 g/mol. The minimum Gasteiger partial charge on any atom is -0.468 e. The van der Waals surface area contributed by atoms with Crippen LogP contribution in [0, 0.1) is 5.92 Å². The average molecular weight is 211 g/mol. The second kappa shape index (κ2) is 6.64. The molecule has 1 atom stereocenters. The maximum absolute atomic E-state index is 5.47. The van der Waals surface area contributed by atoms with Crippen LogP contribution in [0.2, 0.25) is 0 Å². The van der Waals surface area contributed by atoms with Crippen molar-refractivity contribution in [3.63, 3.8) is 0 Å². The van der Waals surface area contributed by atoms with Crippen molar-refractivity contribution in [2.75, 3.05) is 19.8 Å². The monoisotopic (exact) mass is 211 g/mol. The lowest BCUT2D eigenvalue weighted by Crippen LogP contribution is -2.23. The zero-order chi connectivity index (χ0) is 11.1. The standard InChI is InChI=1S/C12H21NO2/c1-10(2)9-14-8-6-13-11(3)12-5-4-7-15-12/h4-5,7,10-11,13H,6,8-9H2,1-3H3. The first kappa shape index (κ1) is 12.3. The van der Waals surface area contributed by atoms with Gasteiger partial charge in [0, 0.05) is 13.2 Å². The first-order valence-electron chi connectivity index (χ1n) is 5.54. The van der Waals surface area contributed by atoms with Crippen LogP contribution in [0.4, 0.5) is 0 Å². The Kier molecular flexibility index (Phi) is 5.43. The number of hydrogen-bond donors (Lipinski definition) is 1. The Morgan fingerprint density at radius 1 is 1.40 bits per heavy atom. The van der Waals surface area contributed by atoms with E-state index in [2.05, 4.69) is 26.1 Å². The van der Waals surface area contributed by atoms with Gasteiger partial charge in [0.25, 0.3) is 0 Å². The molecule has 1 rings (SSSR count). The van der Waals surface area contributed by atoms with Crippen molar-refractivity contribution in [3.8, 4) is 0 Å². The smallest absolute Gasteiger partial charge is 0.120 e. The highest BCUT2D eigenvalue weighted by Crippen LogP contribution is 2.11. The molecule has 0 radical (unpaired) electrons. The molecule has 1 aromatic rings. The Balaban J connectivity index is 2.05. The topological polar surface area (TPSA) is 34.4 Å². The lowest BCUT2D eigenvalue weighted by molar-refractivity contribution is 0.110. The molecule has 0 aliphatic carbocycles. The van der Waals surface area contributed by atoms with Crippen LogP contribution in [0.15, 0.2) is 22.8 Å². The fourth-order valence-corrected chi connectivity index (χ4v) is 1.30. The van der Waals surface area contributed by atoms with Crippen LogP contribution >= 0.6 is 0 Å². The van der Waals surface area contributed by atoms with Crippen molar-refractivity contribution in [3.05, 3.63) is 24.2 Å². The lowest BCUT2D eigenvalue weighted by Gasteiger charge is -2.12. The van der Waals surface area contributed by atoms with E-state index in [0.29, 0.717) is 5.92 Å². The summed E-state index contributed by atoms with van der Waals surface area (Å²) in [6.45, 7) is 8.83. The molecule has 0 saturated heterocycles. The van der Waals surface area contributed by atoms with Crippen LogP contribution < -0.4 is 5.32 Å². The summed E-state index contributed by atoms with van der Waals surface area (Å²) >= 11 is 0. The van der Waals surface area contributed by atoms with E-state index < -0.39 is 0 Å². The molecule has 0 fully saturated rings. The van der Waals surface area contributed by atoms with E-state index in [-0.39, 0.29) is 6.04 Å². The molecule has 0 saturated carbocycles. The third kappa shape index (κ3) is 5.00. The Labute approximate surface area is 91.8 Å². The quantitative estimate of drug-likeness (QED) is 0.704. The number of ether oxygens (including phenoxy) is 1. The average Bonchev–Trinajstić information content (AvgIpc) is 2.69. The molecule has 3 nitrogen and oxygen atoms in total. The second-order valence-electron chi connectivity index (χ2n) is 4.16. The molecule has 1 N–H and O–H groups in total. The van der Waals surface area contributed by atoms with Gasteiger partial charge in [0.15, 0.2) is 0 Å². The van der Waals surface area contributed by atoms with Crippen LogP contribution in [-0.4, -0.2) is 19.8 Å². The summed E-state index contributed by atoms with van der Waals surface area (Å²) in [6.07, 6.45) is 1.70. The predicted octanol–water partition coefficient (Wildman–Crippen LogP) is 2.60. The van der Waals surface area contributed by atoms with E-state index >= 15 is 0 Å². The Morgan fingerprint density at radius 3 is 2.80 bits per heavy atom. The molecule has 1 unspecified atom stereocenters. The minimum absolute atomic E-state index is 0.252. The fourth-order valence-electron chi connectivity index (χ4n) is 1.30. The first-order chi connectivity index (χ1) is 7.20. The van der Waals surface area contributed by atoms with E-state index in [1.807, 2.05) is 12.1 Å². The number of nitrogens with one attached hydrogen (secondary N) is 1. The summed E-state index contributed by atoms with van der Waals surface area (Å²) in [6, 6.07) is 4.14. The molecule has 15 heavy (non-hydrogen) atoms. The largest absolute Gasteiger partial charge is 0.468 e. The van der Waals surface area contributed by atoms with Gasteiger partial charge in [-0.1, -0.05) is 13.8 Å². The van der Waals surface area contributed by atoms with Crippen molar-refractivity contribution in [1.82, 2.24) is 5.32 Å². The maximum atomic E-state index is 5.47. The van der Waals surface area contributed by atoms with Gasteiger partial charge in [-0.05, 0) is 25.0 Å². The van der Waals surface area contributed by atoms with E-state index in [0.717, 1.165) is 25.5 Å². The van der Waals surface area contributed by atoms with E-state index in [1.165, 1.54) is 0 Å². The highest BCUT2D eigenvalue weighted by atomic mass is 16.5. The number of furan rings is 1. The summed E-state index contributed by atoms with van der Waals surface area (Å²) in [5, 5.41) is 3.34. The molecule has 1 heterocycles. The molecule has 86 valence electrons. The fraction of sp³-hybridized carbons (Fsp3) is 0.667. The van der Waals surface area contributed by atoms with Gasteiger partial charge in [0.1, 0.15) is 5.76 Å². The van der Waals surface area contributed by atoms with Gasteiger partial charge >= 0.3 is 0 Å². The lowest BCUT2D eigenvalue weighted by atomic mass is 10.2. The van der Waals surface area contributed by atoms with Crippen molar-refractivity contribution in [1.29, 1.82) is 0 Å². The van der Waals surface area contributed by atoms with Gasteiger partial charge in [-0.15, -0.1) is 0 Å². The highest BCUT2D eigenvalue weighted by molar-refractivity contribution is 5.02. The molecule has 1 aromatic heterocycles. The van der Waals surface area contributed by atoms with Gasteiger partial charge in [-0.3, -0.25) is 0 Å². The normalized spacial score (nSPS) is 13.3. The highest BCUT2D eigenvalue weighted by Gasteiger charge is 2.06. The number of rotatable bonds is 7. The van der Waals surface area contributed by atoms with Crippen molar-refractivity contribution in [2.45, 2.75) is 26.8 Å². The predicted molar refractivity (Wildman–Crippen MR) is 60.8 cm³/mol. The minimum atomic E-state index is 0.252. The van der Waals surface area contributed by atoms with E-state index in [4.69, 9.17) is 9.15 Å². The Bertz CT molecular complexity index is 244. The van der Waals surface area contributed by atoms with Gasteiger partial charge < -0.3 is 14.5 Å². The van der Waals surface area contributed by atoms with Crippen LogP contribution in [0.25, 0.3) is 0 Å². The molecule has 0 aliphatic rings. The zero-order valence-electron chi connectivity index (χ0n) is 9.82. The maximum Gasteiger partial charge on any atom is 0.120 e. The summed E-state index contributed by atoms with van der Waals surface area (Å²) in [5.41, 5.74) is 0. The molecule has 0 spiro atoms. The molecule has 3 heteroatoms. The van der Waals surface area contributed by atoms with Crippen molar-refractivity contribution in [2.24, 2.45) is 5.92 Å². The summed E-state index contributed by atoms with van der Waals surface area (Å²) in [5.74, 6) is 1.58. The van der Waals surface area contributed by atoms with Gasteiger partial charge in [-0.2, -0.15) is 0 Å². The van der Waals surface area contributed by atoms with Crippen LogP contribution in [0.1, 0.15) is 32.6 Å². The second-order valence-corrected chi connectivity index (χ2v) is 4.16. The van der Waals surface area contributed by atoms with Gasteiger partial charge in [0.05, 0.1) is 18.9 Å². The van der Waals surface area contributed by atoms with Crippen LogP contribution in [0.5, 0.6) is 0 Å². The Morgan fingerprint density at radius 2 is 2.20 bits per heavy atom. The third-order valence-electron chi connectivity index (χ3n) is 2.12. The van der Waals surface area contributed by atoms with Crippen LogP contribution in [0.3, 0.4) is 0 Å². The third-order valence-corrected chi connectivity index (χ3v) is 2.12. The van der Waals surface area contributed by atoms with Gasteiger partial charge in [-0.25, -0.2) is 0 Å². The first-order valence-corrected chi connectivity index (χ1v) is 5.54.